The Morgan fingerprint density at radius 1 is 0.867 bits per heavy atom. The van der Waals surface area contributed by atoms with E-state index in [1.165, 1.54) is 64.2 Å². The van der Waals surface area contributed by atoms with Crippen molar-refractivity contribution in [1.82, 2.24) is 0 Å². The van der Waals surface area contributed by atoms with Crippen molar-refractivity contribution in [2.24, 2.45) is 23.7 Å². The Labute approximate surface area is 182 Å². The molecule has 0 aromatic heterocycles. The van der Waals surface area contributed by atoms with E-state index in [9.17, 15) is 0 Å². The van der Waals surface area contributed by atoms with E-state index >= 15 is 0 Å². The second-order valence-corrected chi connectivity index (χ2v) is 10.8. The Morgan fingerprint density at radius 3 is 2.53 bits per heavy atom. The molecule has 4 atom stereocenters. The molecule has 2 aromatic rings. The maximum Gasteiger partial charge on any atom is 0.00922 e. The van der Waals surface area contributed by atoms with Gasteiger partial charge in [0, 0.05) is 5.92 Å². The van der Waals surface area contributed by atoms with Gasteiger partial charge in [0.15, 0.2) is 0 Å². The molecule has 0 heterocycles. The fourth-order valence-corrected chi connectivity index (χ4v) is 7.45. The lowest BCUT2D eigenvalue weighted by Crippen LogP contribution is -2.21. The smallest absolute Gasteiger partial charge is 0.00922 e. The van der Waals surface area contributed by atoms with Crippen LogP contribution in [0.4, 0.5) is 0 Å². The van der Waals surface area contributed by atoms with Crippen LogP contribution in [-0.4, -0.2) is 0 Å². The summed E-state index contributed by atoms with van der Waals surface area (Å²) in [5.41, 5.74) is 9.73. The lowest BCUT2D eigenvalue weighted by atomic mass is 9.70. The van der Waals surface area contributed by atoms with Gasteiger partial charge in [0.1, 0.15) is 0 Å². The summed E-state index contributed by atoms with van der Waals surface area (Å²) >= 11 is 0. The molecule has 2 fully saturated rings. The molecule has 0 spiro atoms. The first-order valence-corrected chi connectivity index (χ1v) is 12.7. The van der Waals surface area contributed by atoms with Crippen molar-refractivity contribution < 1.29 is 0 Å². The lowest BCUT2D eigenvalue weighted by Gasteiger charge is -2.35. The highest BCUT2D eigenvalue weighted by molar-refractivity contribution is 5.73. The van der Waals surface area contributed by atoms with Crippen molar-refractivity contribution in [3.63, 3.8) is 0 Å². The van der Waals surface area contributed by atoms with Gasteiger partial charge in [-0.15, -0.1) is 0 Å². The van der Waals surface area contributed by atoms with E-state index in [1.807, 2.05) is 0 Å². The molecular formula is C30H36. The molecule has 2 saturated carbocycles. The van der Waals surface area contributed by atoms with Gasteiger partial charge >= 0.3 is 0 Å². The lowest BCUT2D eigenvalue weighted by molar-refractivity contribution is 0.307. The van der Waals surface area contributed by atoms with Crippen LogP contribution in [0.15, 0.2) is 48.5 Å². The molecule has 0 radical (unpaired) electrons. The first-order chi connectivity index (χ1) is 14.8. The van der Waals surface area contributed by atoms with E-state index in [2.05, 4.69) is 55.5 Å². The highest BCUT2D eigenvalue weighted by Crippen LogP contribution is 2.50. The fourth-order valence-electron chi connectivity index (χ4n) is 7.45. The van der Waals surface area contributed by atoms with Crippen LogP contribution in [0, 0.1) is 23.7 Å². The molecular weight excluding hydrogens is 360 g/mol. The number of benzene rings is 2. The predicted molar refractivity (Wildman–Crippen MR) is 127 cm³/mol. The van der Waals surface area contributed by atoms with Crippen LogP contribution in [0.2, 0.25) is 0 Å². The second kappa shape index (κ2) is 7.70. The van der Waals surface area contributed by atoms with Crippen molar-refractivity contribution in [2.75, 3.05) is 0 Å². The third-order valence-corrected chi connectivity index (χ3v) is 8.96. The summed E-state index contributed by atoms with van der Waals surface area (Å²) in [5, 5.41) is 0. The highest BCUT2D eigenvalue weighted by atomic mass is 14.4. The summed E-state index contributed by atoms with van der Waals surface area (Å²) in [6.07, 6.45) is 16.5. The van der Waals surface area contributed by atoms with E-state index in [4.69, 9.17) is 0 Å². The summed E-state index contributed by atoms with van der Waals surface area (Å²) in [7, 11) is 0. The first-order valence-electron chi connectivity index (χ1n) is 12.7. The van der Waals surface area contributed by atoms with Gasteiger partial charge in [-0.1, -0.05) is 68.3 Å². The quantitative estimate of drug-likeness (QED) is 0.494. The molecule has 3 unspecified atom stereocenters. The molecule has 0 aliphatic heterocycles. The summed E-state index contributed by atoms with van der Waals surface area (Å²) < 4.78 is 0. The molecule has 0 heteroatoms. The third kappa shape index (κ3) is 3.28. The molecule has 4 aliphatic carbocycles. The van der Waals surface area contributed by atoms with E-state index < -0.39 is 0 Å². The maximum atomic E-state index is 2.70. The van der Waals surface area contributed by atoms with Crippen LogP contribution in [0.5, 0.6) is 0 Å². The van der Waals surface area contributed by atoms with Gasteiger partial charge < -0.3 is 0 Å². The Morgan fingerprint density at radius 2 is 1.70 bits per heavy atom. The van der Waals surface area contributed by atoms with Crippen molar-refractivity contribution in [3.8, 4) is 0 Å². The minimum absolute atomic E-state index is 0.597. The van der Waals surface area contributed by atoms with Crippen molar-refractivity contribution >= 4 is 5.57 Å². The van der Waals surface area contributed by atoms with Gasteiger partial charge in [-0.3, -0.25) is 0 Å². The summed E-state index contributed by atoms with van der Waals surface area (Å²) in [6.45, 7) is 2.38. The molecule has 30 heavy (non-hydrogen) atoms. The van der Waals surface area contributed by atoms with Gasteiger partial charge in [0.25, 0.3) is 0 Å². The molecule has 4 aliphatic rings. The number of aryl methyl sites for hydroxylation is 1. The van der Waals surface area contributed by atoms with Gasteiger partial charge in [-0.05, 0) is 108 Å². The molecule has 2 bridgehead atoms. The van der Waals surface area contributed by atoms with Crippen LogP contribution in [0.1, 0.15) is 92.0 Å². The van der Waals surface area contributed by atoms with E-state index in [1.54, 1.807) is 33.4 Å². The zero-order valence-electron chi connectivity index (χ0n) is 18.6. The van der Waals surface area contributed by atoms with Gasteiger partial charge in [-0.25, -0.2) is 0 Å². The molecule has 0 saturated heterocycles. The topological polar surface area (TPSA) is 0 Å². The number of hydrogen-bond donors (Lipinski definition) is 0. The minimum Gasteiger partial charge on any atom is -0.0770 e. The minimum atomic E-state index is 0.597. The zero-order valence-corrected chi connectivity index (χ0v) is 18.6. The average Bonchev–Trinajstić information content (AvgIpc) is 3.14. The van der Waals surface area contributed by atoms with E-state index in [-0.39, 0.29) is 0 Å². The van der Waals surface area contributed by atoms with Gasteiger partial charge in [0.2, 0.25) is 0 Å². The van der Waals surface area contributed by atoms with Crippen molar-refractivity contribution in [2.45, 2.75) is 77.0 Å². The third-order valence-electron chi connectivity index (χ3n) is 8.96. The largest absolute Gasteiger partial charge is 0.0770 e. The Hall–Kier alpha value is -1.82. The number of allylic oxidation sites excluding steroid dienone is 2. The Bertz CT molecular complexity index is 952. The number of fused-ring (bicyclic) bond motifs is 4. The molecule has 0 N–H and O–H groups in total. The van der Waals surface area contributed by atoms with Crippen molar-refractivity contribution in [1.29, 1.82) is 0 Å². The highest BCUT2D eigenvalue weighted by Gasteiger charge is 2.37. The molecule has 2 aromatic carbocycles. The molecule has 6 rings (SSSR count). The predicted octanol–water partition coefficient (Wildman–Crippen LogP) is 7.95. The molecule has 156 valence electrons. The van der Waals surface area contributed by atoms with E-state index in [0.29, 0.717) is 5.92 Å². The van der Waals surface area contributed by atoms with Crippen LogP contribution in [0.3, 0.4) is 0 Å². The van der Waals surface area contributed by atoms with Crippen LogP contribution in [0.25, 0.3) is 5.57 Å². The summed E-state index contributed by atoms with van der Waals surface area (Å²) in [6, 6.07) is 16.8. The number of hydrogen-bond acceptors (Lipinski definition) is 0. The Balaban J connectivity index is 1.36. The van der Waals surface area contributed by atoms with Crippen molar-refractivity contribution in [3.05, 3.63) is 76.4 Å². The zero-order chi connectivity index (χ0) is 20.1. The summed E-state index contributed by atoms with van der Waals surface area (Å²) in [4.78, 5) is 0. The van der Waals surface area contributed by atoms with E-state index in [0.717, 1.165) is 23.7 Å². The molecule has 0 nitrogen and oxygen atoms in total. The SMILES string of the molecule is CCC1C=C(C2CC3CCC(C3)C2)c2ccc([C@@H]3CCCc4ccccc43)cc2C1. The monoisotopic (exact) mass is 396 g/mol. The van der Waals surface area contributed by atoms with Crippen LogP contribution >= 0.6 is 0 Å². The van der Waals surface area contributed by atoms with Gasteiger partial charge in [-0.2, -0.15) is 0 Å². The van der Waals surface area contributed by atoms with Crippen LogP contribution in [-0.2, 0) is 12.8 Å². The van der Waals surface area contributed by atoms with Gasteiger partial charge in [0.05, 0.1) is 0 Å². The fraction of sp³-hybridized carbons (Fsp3) is 0.533. The summed E-state index contributed by atoms with van der Waals surface area (Å²) in [5.74, 6) is 4.18. The standard InChI is InChI=1S/C30H36/c1-2-20-15-26-19-24(28-9-5-7-23-6-3-4-8-27(23)28)12-13-29(26)30(18-20)25-16-21-10-11-22(14-21)17-25/h3-4,6,8,12-13,18-22,25,28H,2,5,7,9-11,14-17H2,1H3/t20?,21?,22?,25?,28-/m0/s1. The number of rotatable bonds is 3. The second-order valence-electron chi connectivity index (χ2n) is 10.8. The first kappa shape index (κ1) is 18.9. The average molecular weight is 397 g/mol. The molecule has 0 amide bonds. The van der Waals surface area contributed by atoms with Crippen LogP contribution < -0.4 is 0 Å². The Kier molecular flexibility index (Phi) is 4.85. The normalized spacial score (nSPS) is 32.3. The maximum absolute atomic E-state index is 2.70.